The Labute approximate surface area is 98.7 Å². The Kier molecular flexibility index (Phi) is 3.32. The van der Waals surface area contributed by atoms with Crippen LogP contribution in [0, 0.1) is 0 Å². The van der Waals surface area contributed by atoms with Gasteiger partial charge in [-0.1, -0.05) is 13.3 Å². The van der Waals surface area contributed by atoms with E-state index in [1.54, 1.807) is 10.9 Å². The first-order valence-corrected chi connectivity index (χ1v) is 5.53. The first-order chi connectivity index (χ1) is 8.24. The summed E-state index contributed by atoms with van der Waals surface area (Å²) in [5, 5.41) is 0. The molecular weight excluding hydrogens is 220 g/mol. The largest absolute Gasteiger partial charge is 0.461 e. The first-order valence-electron chi connectivity index (χ1n) is 5.53. The van der Waals surface area contributed by atoms with Crippen molar-refractivity contribution in [2.45, 2.75) is 19.8 Å². The Morgan fingerprint density at radius 2 is 2.24 bits per heavy atom. The number of carbonyl (C=O) groups excluding carboxylic acids is 1. The number of fused-ring (bicyclic) bond motifs is 1. The molecule has 0 bridgehead atoms. The monoisotopic (exact) mass is 234 g/mol. The van der Waals surface area contributed by atoms with Crippen molar-refractivity contribution in [3.8, 4) is 0 Å². The number of unbranched alkanes of at least 4 members (excludes halogenated alkanes) is 1. The van der Waals surface area contributed by atoms with Gasteiger partial charge in [0, 0.05) is 7.05 Å². The molecule has 17 heavy (non-hydrogen) atoms. The molecule has 0 saturated carbocycles. The van der Waals surface area contributed by atoms with Gasteiger partial charge in [-0.05, 0) is 6.42 Å². The van der Waals surface area contributed by atoms with Gasteiger partial charge in [0.1, 0.15) is 11.8 Å². The normalized spacial score (nSPS) is 10.7. The molecule has 2 rings (SSSR count). The average Bonchev–Trinajstić information content (AvgIpc) is 2.71. The Balaban J connectivity index is 2.26. The number of carbonyl (C=O) groups is 1. The maximum absolute atomic E-state index is 11.8. The quantitative estimate of drug-likeness (QED) is 0.589. The number of aromatic nitrogens is 4. The fraction of sp³-hybridized carbons (Fsp3) is 0.455. The van der Waals surface area contributed by atoms with Crippen molar-refractivity contribution < 1.29 is 9.53 Å². The molecule has 0 aromatic carbocycles. The summed E-state index contributed by atoms with van der Waals surface area (Å²) in [7, 11) is 1.81. The van der Waals surface area contributed by atoms with Crippen LogP contribution in [0.4, 0.5) is 0 Å². The molecule has 6 nitrogen and oxygen atoms in total. The van der Waals surface area contributed by atoms with Crippen molar-refractivity contribution in [3.63, 3.8) is 0 Å². The fourth-order valence-electron chi connectivity index (χ4n) is 1.47. The van der Waals surface area contributed by atoms with Crippen LogP contribution in [0.1, 0.15) is 30.3 Å². The molecule has 6 heteroatoms. The van der Waals surface area contributed by atoms with Crippen LogP contribution in [0.25, 0.3) is 11.2 Å². The lowest BCUT2D eigenvalue weighted by Crippen LogP contribution is -2.09. The Bertz CT molecular complexity index is 535. The van der Waals surface area contributed by atoms with Gasteiger partial charge < -0.3 is 9.30 Å². The van der Waals surface area contributed by atoms with Crippen LogP contribution in [0.5, 0.6) is 0 Å². The van der Waals surface area contributed by atoms with E-state index in [0.717, 1.165) is 12.8 Å². The van der Waals surface area contributed by atoms with E-state index in [-0.39, 0.29) is 5.69 Å². The number of esters is 1. The van der Waals surface area contributed by atoms with Gasteiger partial charge in [0.25, 0.3) is 0 Å². The standard InChI is InChI=1S/C11H14N4O2/c1-3-4-5-17-11(16)9-8-10(13-6-12-9)15(2)7-14-8/h6-7H,3-5H2,1-2H3. The minimum absolute atomic E-state index is 0.228. The van der Waals surface area contributed by atoms with E-state index in [1.165, 1.54) is 6.33 Å². The van der Waals surface area contributed by atoms with Crippen LogP contribution < -0.4 is 0 Å². The molecule has 2 heterocycles. The summed E-state index contributed by atoms with van der Waals surface area (Å²) in [6.45, 7) is 2.45. The Morgan fingerprint density at radius 1 is 1.41 bits per heavy atom. The highest BCUT2D eigenvalue weighted by Gasteiger charge is 2.16. The van der Waals surface area contributed by atoms with E-state index in [0.29, 0.717) is 17.8 Å². The lowest BCUT2D eigenvalue weighted by molar-refractivity contribution is 0.0495. The second-order valence-corrected chi connectivity index (χ2v) is 3.74. The van der Waals surface area contributed by atoms with Crippen LogP contribution in [0.3, 0.4) is 0 Å². The summed E-state index contributed by atoms with van der Waals surface area (Å²) < 4.78 is 6.84. The summed E-state index contributed by atoms with van der Waals surface area (Å²) >= 11 is 0. The number of aryl methyl sites for hydroxylation is 1. The smallest absolute Gasteiger partial charge is 0.359 e. The van der Waals surface area contributed by atoms with E-state index < -0.39 is 5.97 Å². The van der Waals surface area contributed by atoms with Crippen LogP contribution in [0.15, 0.2) is 12.7 Å². The number of nitrogens with zero attached hydrogens (tertiary/aromatic N) is 4. The van der Waals surface area contributed by atoms with E-state index in [1.807, 2.05) is 14.0 Å². The van der Waals surface area contributed by atoms with Gasteiger partial charge >= 0.3 is 5.97 Å². The van der Waals surface area contributed by atoms with Crippen LogP contribution in [0.2, 0.25) is 0 Å². The third-order valence-electron chi connectivity index (χ3n) is 2.42. The number of ether oxygens (including phenoxy) is 1. The SMILES string of the molecule is CCCCOC(=O)c1ncnc2c1ncn2C. The van der Waals surface area contributed by atoms with Crippen LogP contribution >= 0.6 is 0 Å². The van der Waals surface area contributed by atoms with Crippen LogP contribution in [-0.4, -0.2) is 32.1 Å². The minimum Gasteiger partial charge on any atom is -0.461 e. The summed E-state index contributed by atoms with van der Waals surface area (Å²) in [6.07, 6.45) is 4.78. The first kappa shape index (κ1) is 11.5. The number of hydrogen-bond donors (Lipinski definition) is 0. The second-order valence-electron chi connectivity index (χ2n) is 3.74. The predicted molar refractivity (Wildman–Crippen MR) is 61.5 cm³/mol. The lowest BCUT2D eigenvalue weighted by Gasteiger charge is -2.03. The fourth-order valence-corrected chi connectivity index (χ4v) is 1.47. The second kappa shape index (κ2) is 4.90. The molecule has 90 valence electrons. The molecule has 2 aromatic heterocycles. The number of imidazole rings is 1. The molecule has 0 saturated heterocycles. The summed E-state index contributed by atoms with van der Waals surface area (Å²) in [5.41, 5.74) is 1.34. The highest BCUT2D eigenvalue weighted by Crippen LogP contribution is 2.12. The van der Waals surface area contributed by atoms with Gasteiger partial charge in [-0.3, -0.25) is 0 Å². The maximum atomic E-state index is 11.8. The van der Waals surface area contributed by atoms with Gasteiger partial charge in [0.15, 0.2) is 11.3 Å². The van der Waals surface area contributed by atoms with Crippen molar-refractivity contribution in [1.82, 2.24) is 19.5 Å². The van der Waals surface area contributed by atoms with Gasteiger partial charge in [0.2, 0.25) is 0 Å². The molecule has 0 radical (unpaired) electrons. The third kappa shape index (κ3) is 2.25. The van der Waals surface area contributed by atoms with Crippen LogP contribution in [-0.2, 0) is 11.8 Å². The van der Waals surface area contributed by atoms with E-state index >= 15 is 0 Å². The molecule has 0 aliphatic heterocycles. The Morgan fingerprint density at radius 3 is 3.00 bits per heavy atom. The number of hydrogen-bond acceptors (Lipinski definition) is 5. The van der Waals surface area contributed by atoms with E-state index in [4.69, 9.17) is 4.74 Å². The molecule has 0 N–H and O–H groups in total. The molecule has 0 unspecified atom stereocenters. The zero-order valence-corrected chi connectivity index (χ0v) is 9.88. The highest BCUT2D eigenvalue weighted by atomic mass is 16.5. The zero-order chi connectivity index (χ0) is 12.3. The minimum atomic E-state index is -0.440. The zero-order valence-electron chi connectivity index (χ0n) is 9.88. The Hall–Kier alpha value is -1.98. The summed E-state index contributed by atoms with van der Waals surface area (Å²) in [4.78, 5) is 23.9. The van der Waals surface area contributed by atoms with Crippen molar-refractivity contribution in [1.29, 1.82) is 0 Å². The van der Waals surface area contributed by atoms with Crippen molar-refractivity contribution in [2.24, 2.45) is 7.05 Å². The molecule has 0 aliphatic carbocycles. The molecule has 2 aromatic rings. The van der Waals surface area contributed by atoms with Gasteiger partial charge in [-0.15, -0.1) is 0 Å². The van der Waals surface area contributed by atoms with E-state index in [2.05, 4.69) is 15.0 Å². The number of rotatable bonds is 4. The summed E-state index contributed by atoms with van der Waals surface area (Å²) in [6, 6.07) is 0. The van der Waals surface area contributed by atoms with E-state index in [9.17, 15) is 4.79 Å². The predicted octanol–water partition coefficient (Wildman–Crippen LogP) is 1.32. The molecule has 0 spiro atoms. The topological polar surface area (TPSA) is 69.9 Å². The van der Waals surface area contributed by atoms with Gasteiger partial charge in [0.05, 0.1) is 12.9 Å². The third-order valence-corrected chi connectivity index (χ3v) is 2.42. The average molecular weight is 234 g/mol. The summed E-state index contributed by atoms with van der Waals surface area (Å²) in [5.74, 6) is -0.440. The van der Waals surface area contributed by atoms with Crippen molar-refractivity contribution >= 4 is 17.1 Å². The molecule has 0 amide bonds. The van der Waals surface area contributed by atoms with Gasteiger partial charge in [-0.2, -0.15) is 0 Å². The molecular formula is C11H14N4O2. The molecule has 0 aliphatic rings. The van der Waals surface area contributed by atoms with Crippen molar-refractivity contribution in [2.75, 3.05) is 6.61 Å². The highest BCUT2D eigenvalue weighted by molar-refractivity contribution is 5.98. The van der Waals surface area contributed by atoms with Gasteiger partial charge in [-0.25, -0.2) is 19.7 Å². The molecule has 0 fully saturated rings. The molecule has 0 atom stereocenters. The maximum Gasteiger partial charge on any atom is 0.359 e. The van der Waals surface area contributed by atoms with Crippen molar-refractivity contribution in [3.05, 3.63) is 18.3 Å². The lowest BCUT2D eigenvalue weighted by atomic mass is 10.3.